The number of hydrogen-bond acceptors (Lipinski definition) is 3. The van der Waals surface area contributed by atoms with Crippen LogP contribution in [0, 0.1) is 5.82 Å². The molecular weight excluding hydrogens is 412 g/mol. The SMILES string of the molecule is CCOc1cc(CNCc2ccccc2)cc(Cl)c1OCc1ccc(F)cc1.Cl. The number of hydrogen-bond donors (Lipinski definition) is 1. The van der Waals surface area contributed by atoms with Crippen molar-refractivity contribution < 1.29 is 13.9 Å². The number of benzene rings is 3. The summed E-state index contributed by atoms with van der Waals surface area (Å²) in [7, 11) is 0. The molecule has 0 bridgehead atoms. The van der Waals surface area contributed by atoms with Crippen molar-refractivity contribution in [3.8, 4) is 11.5 Å². The minimum Gasteiger partial charge on any atom is -0.490 e. The van der Waals surface area contributed by atoms with Crippen LogP contribution in [-0.2, 0) is 19.7 Å². The van der Waals surface area contributed by atoms with E-state index in [1.54, 1.807) is 12.1 Å². The molecule has 1 N–H and O–H groups in total. The summed E-state index contributed by atoms with van der Waals surface area (Å²) in [5.74, 6) is 0.831. The molecule has 0 spiro atoms. The van der Waals surface area contributed by atoms with Gasteiger partial charge < -0.3 is 14.8 Å². The second-order valence-electron chi connectivity index (χ2n) is 6.34. The van der Waals surface area contributed by atoms with E-state index in [0.717, 1.165) is 17.7 Å². The second kappa shape index (κ2) is 11.7. The van der Waals surface area contributed by atoms with Crippen molar-refractivity contribution in [1.82, 2.24) is 5.32 Å². The normalized spacial score (nSPS) is 10.3. The number of nitrogens with one attached hydrogen (secondary N) is 1. The highest BCUT2D eigenvalue weighted by molar-refractivity contribution is 6.32. The van der Waals surface area contributed by atoms with Crippen LogP contribution in [0.3, 0.4) is 0 Å². The average Bonchev–Trinajstić information content (AvgIpc) is 2.70. The first-order chi connectivity index (χ1) is 13.7. The van der Waals surface area contributed by atoms with Crippen LogP contribution in [0.1, 0.15) is 23.6 Å². The van der Waals surface area contributed by atoms with Crippen LogP contribution in [0.15, 0.2) is 66.7 Å². The van der Waals surface area contributed by atoms with Crippen molar-refractivity contribution in [1.29, 1.82) is 0 Å². The lowest BCUT2D eigenvalue weighted by molar-refractivity contribution is 0.269. The van der Waals surface area contributed by atoms with E-state index in [9.17, 15) is 4.39 Å². The standard InChI is InChI=1S/C23H23ClFNO2.ClH/c1-2-27-22-13-19(15-26-14-17-6-4-3-5-7-17)12-21(24)23(22)28-16-18-8-10-20(25)11-9-18;/h3-13,26H,2,14-16H2,1H3;1H. The second-order valence-corrected chi connectivity index (χ2v) is 6.75. The van der Waals surface area contributed by atoms with Gasteiger partial charge in [-0.1, -0.05) is 54.1 Å². The summed E-state index contributed by atoms with van der Waals surface area (Å²) >= 11 is 6.46. The van der Waals surface area contributed by atoms with E-state index in [0.29, 0.717) is 29.7 Å². The first-order valence-corrected chi connectivity index (χ1v) is 9.60. The summed E-state index contributed by atoms with van der Waals surface area (Å²) in [5, 5.41) is 3.90. The Labute approximate surface area is 182 Å². The average molecular weight is 436 g/mol. The third-order valence-electron chi connectivity index (χ3n) is 4.17. The van der Waals surface area contributed by atoms with Crippen LogP contribution in [0.2, 0.25) is 5.02 Å². The molecule has 0 aliphatic heterocycles. The van der Waals surface area contributed by atoms with Crippen LogP contribution < -0.4 is 14.8 Å². The van der Waals surface area contributed by atoms with Gasteiger partial charge in [0.05, 0.1) is 11.6 Å². The molecule has 0 saturated carbocycles. The fourth-order valence-corrected chi connectivity index (χ4v) is 3.10. The van der Waals surface area contributed by atoms with Gasteiger partial charge in [0.2, 0.25) is 0 Å². The quantitative estimate of drug-likeness (QED) is 0.435. The maximum absolute atomic E-state index is 13.0. The Kier molecular flexibility index (Phi) is 9.26. The molecule has 3 aromatic carbocycles. The highest BCUT2D eigenvalue weighted by Crippen LogP contribution is 2.37. The van der Waals surface area contributed by atoms with Crippen LogP contribution in [0.4, 0.5) is 4.39 Å². The summed E-state index contributed by atoms with van der Waals surface area (Å²) in [6.45, 7) is 4.13. The van der Waals surface area contributed by atoms with Crippen LogP contribution in [-0.4, -0.2) is 6.61 Å². The molecule has 3 nitrogen and oxygen atoms in total. The van der Waals surface area contributed by atoms with Crippen molar-refractivity contribution >= 4 is 24.0 Å². The topological polar surface area (TPSA) is 30.5 Å². The Morgan fingerprint density at radius 2 is 1.55 bits per heavy atom. The predicted octanol–water partition coefficient (Wildman–Crippen LogP) is 6.17. The summed E-state index contributed by atoms with van der Waals surface area (Å²) in [4.78, 5) is 0. The van der Waals surface area contributed by atoms with Crippen LogP contribution in [0.25, 0.3) is 0 Å². The molecule has 0 aliphatic rings. The lowest BCUT2D eigenvalue weighted by atomic mass is 10.1. The molecule has 0 radical (unpaired) electrons. The fraction of sp³-hybridized carbons (Fsp3) is 0.217. The van der Waals surface area contributed by atoms with Gasteiger partial charge in [0.1, 0.15) is 12.4 Å². The largest absolute Gasteiger partial charge is 0.490 e. The summed E-state index contributed by atoms with van der Waals surface area (Å²) in [6.07, 6.45) is 0. The van der Waals surface area contributed by atoms with Gasteiger partial charge in [0.15, 0.2) is 11.5 Å². The Morgan fingerprint density at radius 3 is 2.24 bits per heavy atom. The van der Waals surface area contributed by atoms with Gasteiger partial charge in [0.25, 0.3) is 0 Å². The first-order valence-electron chi connectivity index (χ1n) is 9.23. The molecular formula is C23H24Cl2FNO2. The number of ether oxygens (including phenoxy) is 2. The minimum absolute atomic E-state index is 0. The zero-order chi connectivity index (χ0) is 19.8. The molecule has 0 heterocycles. The van der Waals surface area contributed by atoms with E-state index >= 15 is 0 Å². The van der Waals surface area contributed by atoms with Crippen molar-refractivity contribution in [2.45, 2.75) is 26.6 Å². The van der Waals surface area contributed by atoms with E-state index in [1.165, 1.54) is 17.7 Å². The Hall–Kier alpha value is -2.27. The summed E-state index contributed by atoms with van der Waals surface area (Å²) in [6, 6.07) is 20.2. The van der Waals surface area contributed by atoms with Gasteiger partial charge >= 0.3 is 0 Å². The van der Waals surface area contributed by atoms with Gasteiger partial charge in [-0.05, 0) is 47.9 Å². The maximum atomic E-state index is 13.0. The molecule has 0 unspecified atom stereocenters. The van der Waals surface area contributed by atoms with Gasteiger partial charge in [-0.3, -0.25) is 0 Å². The van der Waals surface area contributed by atoms with E-state index in [1.807, 2.05) is 37.3 Å². The van der Waals surface area contributed by atoms with Crippen molar-refractivity contribution in [3.63, 3.8) is 0 Å². The first kappa shape index (κ1) is 23.0. The van der Waals surface area contributed by atoms with Crippen molar-refractivity contribution in [2.75, 3.05) is 6.61 Å². The summed E-state index contributed by atoms with van der Waals surface area (Å²) in [5.41, 5.74) is 3.09. The fourth-order valence-electron chi connectivity index (χ4n) is 2.81. The zero-order valence-electron chi connectivity index (χ0n) is 16.2. The molecule has 0 fully saturated rings. The monoisotopic (exact) mass is 435 g/mol. The smallest absolute Gasteiger partial charge is 0.180 e. The van der Waals surface area contributed by atoms with Crippen LogP contribution in [0.5, 0.6) is 11.5 Å². The molecule has 3 rings (SSSR count). The summed E-state index contributed by atoms with van der Waals surface area (Å²) < 4.78 is 24.7. The highest BCUT2D eigenvalue weighted by Gasteiger charge is 2.13. The molecule has 29 heavy (non-hydrogen) atoms. The Bertz CT molecular complexity index is 889. The molecule has 0 saturated heterocycles. The lowest BCUT2D eigenvalue weighted by Gasteiger charge is -2.16. The molecule has 6 heteroatoms. The van der Waals surface area contributed by atoms with Gasteiger partial charge in [0, 0.05) is 13.1 Å². The third-order valence-corrected chi connectivity index (χ3v) is 4.45. The minimum atomic E-state index is -0.274. The highest BCUT2D eigenvalue weighted by atomic mass is 35.5. The number of halogens is 3. The third kappa shape index (κ3) is 6.93. The molecule has 154 valence electrons. The van der Waals surface area contributed by atoms with E-state index in [2.05, 4.69) is 17.4 Å². The van der Waals surface area contributed by atoms with Crippen molar-refractivity contribution in [3.05, 3.63) is 94.3 Å². The van der Waals surface area contributed by atoms with Gasteiger partial charge in [-0.2, -0.15) is 0 Å². The number of rotatable bonds is 9. The maximum Gasteiger partial charge on any atom is 0.180 e. The molecule has 0 atom stereocenters. The van der Waals surface area contributed by atoms with E-state index < -0.39 is 0 Å². The molecule has 0 aromatic heterocycles. The lowest BCUT2D eigenvalue weighted by Crippen LogP contribution is -2.13. The molecule has 3 aromatic rings. The van der Waals surface area contributed by atoms with E-state index in [-0.39, 0.29) is 24.8 Å². The molecule has 0 amide bonds. The zero-order valence-corrected chi connectivity index (χ0v) is 17.7. The van der Waals surface area contributed by atoms with Crippen LogP contribution >= 0.6 is 24.0 Å². The van der Waals surface area contributed by atoms with Gasteiger partial charge in [-0.15, -0.1) is 12.4 Å². The molecule has 0 aliphatic carbocycles. The Morgan fingerprint density at radius 1 is 0.862 bits per heavy atom. The van der Waals surface area contributed by atoms with Gasteiger partial charge in [-0.25, -0.2) is 4.39 Å². The Balaban J connectivity index is 0.00000300. The van der Waals surface area contributed by atoms with E-state index in [4.69, 9.17) is 21.1 Å². The predicted molar refractivity (Wildman–Crippen MR) is 118 cm³/mol. The van der Waals surface area contributed by atoms with Crippen molar-refractivity contribution in [2.24, 2.45) is 0 Å².